The Hall–Kier alpha value is -3.78. The Morgan fingerprint density at radius 2 is 2.03 bits per heavy atom. The minimum Gasteiger partial charge on any atom is -0.477 e. The molecule has 2 atom stereocenters. The number of likely N-dealkylation sites (N-methyl/N-ethyl adjacent to an activating group) is 2. The Bertz CT molecular complexity index is 1070. The maximum atomic E-state index is 12.8. The van der Waals surface area contributed by atoms with Gasteiger partial charge in [-0.3, -0.25) is 10.6 Å². The number of hydrogen-bond donors (Lipinski definition) is 2. The first kappa shape index (κ1) is 27.3. The molecule has 2 aromatic rings. The highest BCUT2D eigenvalue weighted by molar-refractivity contribution is 5.88. The van der Waals surface area contributed by atoms with E-state index in [2.05, 4.69) is 35.5 Å². The van der Waals surface area contributed by atoms with E-state index in [0.717, 1.165) is 25.9 Å². The molecule has 38 heavy (non-hydrogen) atoms. The van der Waals surface area contributed by atoms with E-state index in [-0.39, 0.29) is 24.8 Å². The van der Waals surface area contributed by atoms with E-state index in [9.17, 15) is 9.59 Å². The van der Waals surface area contributed by atoms with Gasteiger partial charge in [-0.25, -0.2) is 24.5 Å². The molecule has 0 radical (unpaired) electrons. The van der Waals surface area contributed by atoms with Gasteiger partial charge in [0.05, 0.1) is 31.6 Å². The summed E-state index contributed by atoms with van der Waals surface area (Å²) in [5.41, 5.74) is 0. The summed E-state index contributed by atoms with van der Waals surface area (Å²) >= 11 is 0. The van der Waals surface area contributed by atoms with Gasteiger partial charge in [-0.1, -0.05) is 0 Å². The number of ether oxygens (including phenoxy) is 3. The molecule has 3 amide bonds. The average Bonchev–Trinajstić information content (AvgIpc) is 2.93. The van der Waals surface area contributed by atoms with Gasteiger partial charge in [-0.2, -0.15) is 4.98 Å². The van der Waals surface area contributed by atoms with Gasteiger partial charge >= 0.3 is 12.1 Å². The highest BCUT2D eigenvalue weighted by Gasteiger charge is 2.28. The van der Waals surface area contributed by atoms with Crippen molar-refractivity contribution < 1.29 is 23.8 Å². The third kappa shape index (κ3) is 7.61. The lowest BCUT2D eigenvalue weighted by molar-refractivity contribution is -0.0470. The van der Waals surface area contributed by atoms with E-state index in [4.69, 9.17) is 14.2 Å². The maximum Gasteiger partial charge on any atom is 0.412 e. The molecule has 0 unspecified atom stereocenters. The largest absolute Gasteiger partial charge is 0.477 e. The Labute approximate surface area is 221 Å². The van der Waals surface area contributed by atoms with E-state index >= 15 is 0 Å². The molecular weight excluding hydrogens is 494 g/mol. The minimum absolute atomic E-state index is 0.0711. The first-order chi connectivity index (χ1) is 18.4. The van der Waals surface area contributed by atoms with Crippen LogP contribution in [0.5, 0.6) is 5.88 Å². The number of urea groups is 1. The number of nitrogens with one attached hydrogen (secondary N) is 2. The topological polar surface area (TPSA) is 147 Å². The summed E-state index contributed by atoms with van der Waals surface area (Å²) in [5, 5.41) is 5.43. The average molecular weight is 530 g/mol. The van der Waals surface area contributed by atoms with Crippen molar-refractivity contribution in [3.8, 4) is 5.88 Å². The molecule has 4 rings (SSSR count). The summed E-state index contributed by atoms with van der Waals surface area (Å²) in [7, 11) is 3.75. The summed E-state index contributed by atoms with van der Waals surface area (Å²) < 4.78 is 16.2. The molecule has 14 heteroatoms. The van der Waals surface area contributed by atoms with E-state index in [1.165, 1.54) is 12.4 Å². The number of aromatic nitrogens is 4. The Morgan fingerprint density at radius 1 is 1.16 bits per heavy atom. The summed E-state index contributed by atoms with van der Waals surface area (Å²) in [4.78, 5) is 48.1. The Kier molecular flexibility index (Phi) is 9.43. The SMILES string of the molecule is CCOc1cnc(NC(=O)N(C)[C@@H]2CCCN(c3nccc(NC(=O)OC[C@@H]4CN(C)CCO4)n3)C2)cn1. The first-order valence-corrected chi connectivity index (χ1v) is 12.7. The molecule has 2 aromatic heterocycles. The molecule has 2 fully saturated rings. The van der Waals surface area contributed by atoms with Crippen molar-refractivity contribution in [3.63, 3.8) is 0 Å². The van der Waals surface area contributed by atoms with Crippen LogP contribution in [0.15, 0.2) is 24.7 Å². The first-order valence-electron chi connectivity index (χ1n) is 12.7. The van der Waals surface area contributed by atoms with E-state index in [1.807, 2.05) is 18.9 Å². The van der Waals surface area contributed by atoms with Gasteiger partial charge in [0.15, 0.2) is 5.82 Å². The van der Waals surface area contributed by atoms with Gasteiger partial charge in [-0.05, 0) is 32.9 Å². The predicted molar refractivity (Wildman–Crippen MR) is 139 cm³/mol. The third-order valence-electron chi connectivity index (χ3n) is 6.32. The highest BCUT2D eigenvalue weighted by atomic mass is 16.6. The van der Waals surface area contributed by atoms with Crippen LogP contribution < -0.4 is 20.3 Å². The van der Waals surface area contributed by atoms with Crippen LogP contribution in [0.3, 0.4) is 0 Å². The van der Waals surface area contributed by atoms with Gasteiger partial charge < -0.3 is 28.9 Å². The van der Waals surface area contributed by atoms with Crippen LogP contribution in [0.1, 0.15) is 19.8 Å². The van der Waals surface area contributed by atoms with Crippen molar-refractivity contribution in [3.05, 3.63) is 24.7 Å². The lowest BCUT2D eigenvalue weighted by Gasteiger charge is -2.37. The molecule has 4 heterocycles. The van der Waals surface area contributed by atoms with E-state index in [0.29, 0.717) is 49.8 Å². The Morgan fingerprint density at radius 3 is 2.79 bits per heavy atom. The molecule has 0 bridgehead atoms. The fourth-order valence-corrected chi connectivity index (χ4v) is 4.27. The van der Waals surface area contributed by atoms with Gasteiger partial charge in [0.25, 0.3) is 0 Å². The predicted octanol–water partition coefficient (Wildman–Crippen LogP) is 1.68. The van der Waals surface area contributed by atoms with E-state index in [1.54, 1.807) is 24.2 Å². The summed E-state index contributed by atoms with van der Waals surface area (Å²) in [5.74, 6) is 1.55. The number of carbonyl (C=O) groups excluding carboxylic acids is 2. The highest BCUT2D eigenvalue weighted by Crippen LogP contribution is 2.21. The van der Waals surface area contributed by atoms with Gasteiger partial charge in [0.2, 0.25) is 11.8 Å². The van der Waals surface area contributed by atoms with Gasteiger partial charge in [0, 0.05) is 39.4 Å². The van der Waals surface area contributed by atoms with Crippen molar-refractivity contribution in [2.45, 2.75) is 31.9 Å². The molecular formula is C24H35N9O5. The molecule has 0 aliphatic carbocycles. The molecule has 2 aliphatic heterocycles. The van der Waals surface area contributed by atoms with Crippen molar-refractivity contribution in [1.29, 1.82) is 0 Å². The molecule has 2 saturated heterocycles. The summed E-state index contributed by atoms with van der Waals surface area (Å²) in [6, 6.07) is 1.25. The minimum atomic E-state index is -0.600. The van der Waals surface area contributed by atoms with Gasteiger partial charge in [-0.15, -0.1) is 0 Å². The molecule has 206 valence electrons. The zero-order chi connectivity index (χ0) is 26.9. The van der Waals surface area contributed by atoms with Crippen molar-refractivity contribution >= 4 is 29.7 Å². The van der Waals surface area contributed by atoms with Gasteiger partial charge in [0.1, 0.15) is 18.5 Å². The monoisotopic (exact) mass is 529 g/mol. The van der Waals surface area contributed by atoms with Crippen LogP contribution in [0.4, 0.5) is 27.2 Å². The Balaban J connectivity index is 1.29. The third-order valence-corrected chi connectivity index (χ3v) is 6.32. The maximum absolute atomic E-state index is 12.8. The van der Waals surface area contributed by atoms with Crippen LogP contribution in [0.2, 0.25) is 0 Å². The number of nitrogens with zero attached hydrogens (tertiary/aromatic N) is 7. The lowest BCUT2D eigenvalue weighted by atomic mass is 10.1. The molecule has 2 N–H and O–H groups in total. The lowest BCUT2D eigenvalue weighted by Crippen LogP contribution is -2.50. The number of carbonyl (C=O) groups is 2. The van der Waals surface area contributed by atoms with Crippen LogP contribution in [-0.2, 0) is 9.47 Å². The second-order valence-electron chi connectivity index (χ2n) is 9.18. The van der Waals surface area contributed by atoms with Crippen molar-refractivity contribution in [2.75, 3.05) is 75.6 Å². The molecule has 14 nitrogen and oxygen atoms in total. The quantitative estimate of drug-likeness (QED) is 0.515. The normalized spacial score (nSPS) is 19.9. The number of amides is 3. The smallest absolute Gasteiger partial charge is 0.412 e. The molecule has 0 aromatic carbocycles. The van der Waals surface area contributed by atoms with Crippen LogP contribution in [0, 0.1) is 0 Å². The molecule has 0 spiro atoms. The zero-order valence-corrected chi connectivity index (χ0v) is 22.0. The van der Waals surface area contributed by atoms with Crippen LogP contribution in [-0.4, -0.2) is 114 Å². The van der Waals surface area contributed by atoms with Crippen molar-refractivity contribution in [2.24, 2.45) is 0 Å². The second-order valence-corrected chi connectivity index (χ2v) is 9.18. The number of hydrogen-bond acceptors (Lipinski definition) is 11. The number of rotatable bonds is 8. The van der Waals surface area contributed by atoms with Crippen LogP contribution in [0.25, 0.3) is 0 Å². The molecule has 0 saturated carbocycles. The fraction of sp³-hybridized carbons (Fsp3) is 0.583. The zero-order valence-electron chi connectivity index (χ0n) is 22.0. The van der Waals surface area contributed by atoms with E-state index < -0.39 is 6.09 Å². The summed E-state index contributed by atoms with van der Waals surface area (Å²) in [6.45, 7) is 5.98. The standard InChI is InChI=1S/C24H35N9O5/c1-4-36-21-13-26-20(12-27-21)29-23(34)32(3)17-6-5-9-33(14-17)22-25-8-7-19(28-22)30-24(35)38-16-18-15-31(2)10-11-37-18/h7-8,12-13,17-18H,4-6,9-11,14-16H2,1-3H3,(H,26,29,34)(H,25,28,30,35)/t17-,18+/m1/s1. The van der Waals surface area contributed by atoms with Crippen LogP contribution >= 0.6 is 0 Å². The second kappa shape index (κ2) is 13.1. The number of piperidine rings is 1. The fourth-order valence-electron chi connectivity index (χ4n) is 4.27. The van der Waals surface area contributed by atoms with Crippen molar-refractivity contribution in [1.82, 2.24) is 29.7 Å². The summed E-state index contributed by atoms with van der Waals surface area (Å²) in [6.07, 6.45) is 5.45. The molecule has 2 aliphatic rings. The number of morpholine rings is 1. The number of anilines is 3.